The molecule has 0 spiro atoms. The molecule has 0 saturated carbocycles. The van der Waals surface area contributed by atoms with Crippen LogP contribution < -0.4 is 0 Å². The number of carbonyl (C=O) groups is 1. The smallest absolute Gasteiger partial charge is 0.335 e. The molecule has 1 N–H and O–H groups in total. The zero-order valence-corrected chi connectivity index (χ0v) is 11.6. The van der Waals surface area contributed by atoms with Crippen LogP contribution in [-0.2, 0) is 22.6 Å². The van der Waals surface area contributed by atoms with E-state index < -0.39 is 21.6 Å². The van der Waals surface area contributed by atoms with Crippen molar-refractivity contribution in [2.45, 2.75) is 17.6 Å². The SMILES string of the molecule is Cc1c(C(=O)O)cccc1S(=O)(=O)Cc1nnn(C)n1. The van der Waals surface area contributed by atoms with E-state index in [1.807, 2.05) is 0 Å². The van der Waals surface area contributed by atoms with Crippen molar-refractivity contribution in [3.8, 4) is 0 Å². The molecule has 0 amide bonds. The van der Waals surface area contributed by atoms with Crippen LogP contribution in [0.1, 0.15) is 21.7 Å². The molecule has 20 heavy (non-hydrogen) atoms. The number of aryl methyl sites for hydroxylation is 1. The van der Waals surface area contributed by atoms with Crippen LogP contribution >= 0.6 is 0 Å². The minimum atomic E-state index is -3.73. The highest BCUT2D eigenvalue weighted by atomic mass is 32.2. The summed E-state index contributed by atoms with van der Waals surface area (Å²) >= 11 is 0. The van der Waals surface area contributed by atoms with Crippen molar-refractivity contribution in [1.82, 2.24) is 20.2 Å². The van der Waals surface area contributed by atoms with Crippen molar-refractivity contribution in [3.63, 3.8) is 0 Å². The van der Waals surface area contributed by atoms with E-state index in [9.17, 15) is 13.2 Å². The lowest BCUT2D eigenvalue weighted by atomic mass is 10.1. The minimum Gasteiger partial charge on any atom is -0.478 e. The first-order valence-electron chi connectivity index (χ1n) is 5.60. The number of benzene rings is 1. The van der Waals surface area contributed by atoms with E-state index >= 15 is 0 Å². The second kappa shape index (κ2) is 5.00. The predicted molar refractivity (Wildman–Crippen MR) is 67.8 cm³/mol. The number of sulfone groups is 1. The molecule has 2 rings (SSSR count). The van der Waals surface area contributed by atoms with E-state index in [0.717, 1.165) is 4.80 Å². The number of rotatable bonds is 4. The van der Waals surface area contributed by atoms with Crippen molar-refractivity contribution < 1.29 is 18.3 Å². The van der Waals surface area contributed by atoms with Crippen molar-refractivity contribution in [2.24, 2.45) is 7.05 Å². The van der Waals surface area contributed by atoms with Crippen LogP contribution in [0.3, 0.4) is 0 Å². The summed E-state index contributed by atoms with van der Waals surface area (Å²) in [6.45, 7) is 1.46. The standard InChI is InChI=1S/C11H12N4O4S/c1-7-8(11(16)17)4-3-5-9(7)20(18,19)6-10-12-14-15(2)13-10/h3-5H,6H2,1-2H3,(H,16,17). The zero-order valence-electron chi connectivity index (χ0n) is 10.8. The summed E-state index contributed by atoms with van der Waals surface area (Å²) in [5.41, 5.74) is 0.155. The Bertz CT molecular complexity index is 766. The fourth-order valence-corrected chi connectivity index (χ4v) is 3.29. The van der Waals surface area contributed by atoms with Crippen LogP contribution in [0, 0.1) is 6.92 Å². The van der Waals surface area contributed by atoms with Crippen LogP contribution in [0.2, 0.25) is 0 Å². The number of nitrogens with zero attached hydrogens (tertiary/aromatic N) is 4. The topological polar surface area (TPSA) is 115 Å². The summed E-state index contributed by atoms with van der Waals surface area (Å²) in [6.07, 6.45) is 0. The molecule has 0 aliphatic heterocycles. The molecule has 0 atom stereocenters. The lowest BCUT2D eigenvalue weighted by molar-refractivity contribution is 0.0696. The van der Waals surface area contributed by atoms with Gasteiger partial charge < -0.3 is 5.11 Å². The third-order valence-corrected chi connectivity index (χ3v) is 4.47. The van der Waals surface area contributed by atoms with E-state index in [-0.39, 0.29) is 21.8 Å². The Morgan fingerprint density at radius 1 is 1.40 bits per heavy atom. The normalized spacial score (nSPS) is 11.5. The van der Waals surface area contributed by atoms with Gasteiger partial charge in [-0.05, 0) is 29.8 Å². The molecule has 0 unspecified atom stereocenters. The largest absolute Gasteiger partial charge is 0.478 e. The van der Waals surface area contributed by atoms with E-state index in [1.54, 1.807) is 0 Å². The molecule has 0 aliphatic carbocycles. The van der Waals surface area contributed by atoms with Gasteiger partial charge in [0.15, 0.2) is 15.7 Å². The van der Waals surface area contributed by atoms with Crippen LogP contribution in [0.25, 0.3) is 0 Å². The fourth-order valence-electron chi connectivity index (χ4n) is 1.81. The van der Waals surface area contributed by atoms with Crippen LogP contribution in [0.5, 0.6) is 0 Å². The Kier molecular flexibility index (Phi) is 3.53. The van der Waals surface area contributed by atoms with Crippen molar-refractivity contribution in [2.75, 3.05) is 0 Å². The van der Waals surface area contributed by atoms with Gasteiger partial charge in [0.1, 0.15) is 5.75 Å². The summed E-state index contributed by atoms with van der Waals surface area (Å²) in [7, 11) is -2.20. The monoisotopic (exact) mass is 296 g/mol. The molecule has 106 valence electrons. The van der Waals surface area contributed by atoms with Gasteiger partial charge in [0, 0.05) is 0 Å². The minimum absolute atomic E-state index is 0.0372. The molecule has 1 aromatic carbocycles. The third-order valence-electron chi connectivity index (χ3n) is 2.72. The molecule has 1 heterocycles. The summed E-state index contributed by atoms with van der Waals surface area (Å²) in [6, 6.07) is 4.12. The molecular formula is C11H12N4O4S. The van der Waals surface area contributed by atoms with E-state index in [1.165, 1.54) is 32.2 Å². The Balaban J connectivity index is 2.44. The molecular weight excluding hydrogens is 284 g/mol. The number of hydrogen-bond acceptors (Lipinski definition) is 6. The number of hydrogen-bond donors (Lipinski definition) is 1. The average molecular weight is 296 g/mol. The molecule has 9 heteroatoms. The number of aromatic nitrogens is 4. The Hall–Kier alpha value is -2.29. The van der Waals surface area contributed by atoms with Crippen molar-refractivity contribution >= 4 is 15.8 Å². The molecule has 0 radical (unpaired) electrons. The maximum absolute atomic E-state index is 12.3. The summed E-state index contributed by atoms with van der Waals surface area (Å²) in [5, 5.41) is 20.0. The molecule has 0 aliphatic rings. The third kappa shape index (κ3) is 2.67. The van der Waals surface area contributed by atoms with Crippen LogP contribution in [-0.4, -0.2) is 39.7 Å². The van der Waals surface area contributed by atoms with Gasteiger partial charge in [-0.3, -0.25) is 0 Å². The molecule has 0 bridgehead atoms. The second-order valence-corrected chi connectivity index (χ2v) is 6.15. The average Bonchev–Trinajstić information content (AvgIpc) is 2.73. The van der Waals surface area contributed by atoms with Crippen molar-refractivity contribution in [1.29, 1.82) is 0 Å². The van der Waals surface area contributed by atoms with Gasteiger partial charge in [-0.2, -0.15) is 4.80 Å². The van der Waals surface area contributed by atoms with E-state index in [0.29, 0.717) is 0 Å². The number of carboxylic acid groups (broad SMARTS) is 1. The lowest BCUT2D eigenvalue weighted by Crippen LogP contribution is -2.11. The predicted octanol–water partition coefficient (Wildman–Crippen LogP) is 0.191. The van der Waals surface area contributed by atoms with Gasteiger partial charge in [-0.25, -0.2) is 13.2 Å². The molecule has 0 fully saturated rings. The van der Waals surface area contributed by atoms with Crippen LogP contribution in [0.15, 0.2) is 23.1 Å². The first-order chi connectivity index (χ1) is 9.31. The van der Waals surface area contributed by atoms with Gasteiger partial charge in [-0.1, -0.05) is 6.07 Å². The first kappa shape index (κ1) is 14.1. The number of tetrazole rings is 1. The molecule has 1 aromatic heterocycles. The van der Waals surface area contributed by atoms with Gasteiger partial charge in [0.05, 0.1) is 17.5 Å². The first-order valence-corrected chi connectivity index (χ1v) is 7.25. The maximum atomic E-state index is 12.3. The van der Waals surface area contributed by atoms with Gasteiger partial charge >= 0.3 is 5.97 Å². The van der Waals surface area contributed by atoms with Crippen LogP contribution in [0.4, 0.5) is 0 Å². The lowest BCUT2D eigenvalue weighted by Gasteiger charge is -2.08. The zero-order chi connectivity index (χ0) is 14.9. The summed E-state index contributed by atoms with van der Waals surface area (Å²) in [5.74, 6) is -1.53. The van der Waals surface area contributed by atoms with E-state index in [2.05, 4.69) is 15.4 Å². The Morgan fingerprint density at radius 2 is 2.10 bits per heavy atom. The molecule has 0 saturated heterocycles. The second-order valence-electron chi connectivity index (χ2n) is 4.19. The quantitative estimate of drug-likeness (QED) is 0.856. The molecule has 8 nitrogen and oxygen atoms in total. The van der Waals surface area contributed by atoms with Gasteiger partial charge in [0.2, 0.25) is 0 Å². The number of aromatic carboxylic acids is 1. The van der Waals surface area contributed by atoms with E-state index in [4.69, 9.17) is 5.11 Å². The van der Waals surface area contributed by atoms with Gasteiger partial charge in [0.25, 0.3) is 0 Å². The molecule has 2 aromatic rings. The highest BCUT2D eigenvalue weighted by Crippen LogP contribution is 2.22. The Morgan fingerprint density at radius 3 is 2.65 bits per heavy atom. The highest BCUT2D eigenvalue weighted by molar-refractivity contribution is 7.90. The van der Waals surface area contributed by atoms with Gasteiger partial charge in [-0.15, -0.1) is 10.2 Å². The highest BCUT2D eigenvalue weighted by Gasteiger charge is 2.23. The Labute approximate surface area is 115 Å². The fraction of sp³-hybridized carbons (Fsp3) is 0.273. The van der Waals surface area contributed by atoms with Crippen molar-refractivity contribution in [3.05, 3.63) is 35.2 Å². The maximum Gasteiger partial charge on any atom is 0.335 e. The summed E-state index contributed by atoms with van der Waals surface area (Å²) in [4.78, 5) is 12.2. The summed E-state index contributed by atoms with van der Waals surface area (Å²) < 4.78 is 24.6. The number of carboxylic acids is 1.